The molecule has 0 spiro atoms. The van der Waals surface area contributed by atoms with Gasteiger partial charge in [0.2, 0.25) is 11.8 Å². The summed E-state index contributed by atoms with van der Waals surface area (Å²) in [7, 11) is 0. The van der Waals surface area contributed by atoms with Crippen molar-refractivity contribution in [2.45, 2.75) is 12.5 Å². The number of carboxylic acid groups (broad SMARTS) is 1. The third kappa shape index (κ3) is 5.14. The third-order valence-corrected chi connectivity index (χ3v) is 4.69. The van der Waals surface area contributed by atoms with Gasteiger partial charge in [0.05, 0.1) is 11.3 Å². The van der Waals surface area contributed by atoms with E-state index in [2.05, 4.69) is 5.32 Å². The summed E-state index contributed by atoms with van der Waals surface area (Å²) in [4.78, 5) is 47.8. The zero-order valence-corrected chi connectivity index (χ0v) is 15.0. The molecule has 8 nitrogen and oxygen atoms in total. The van der Waals surface area contributed by atoms with Crippen molar-refractivity contribution in [3.8, 4) is 0 Å². The Hall–Kier alpha value is -2.72. The maximum atomic E-state index is 12.4. The molecule has 1 aliphatic heterocycles. The highest BCUT2D eigenvalue weighted by atomic mass is 32.2. The molecule has 4 N–H and O–H groups in total. The van der Waals surface area contributed by atoms with Crippen LogP contribution in [0.1, 0.15) is 12.0 Å². The molecule has 1 aliphatic rings. The van der Waals surface area contributed by atoms with E-state index >= 15 is 0 Å². The zero-order valence-electron chi connectivity index (χ0n) is 13.4. The second-order valence-electron chi connectivity index (χ2n) is 5.31. The van der Waals surface area contributed by atoms with Crippen molar-refractivity contribution in [2.75, 3.05) is 6.54 Å². The predicted octanol–water partition coefficient (Wildman–Crippen LogP) is 0.333. The highest BCUT2D eigenvalue weighted by Crippen LogP contribution is 2.32. The standard InChI is InChI=1S/C16H15N3O5S2/c17-12(20)7-10(15(23)24)18-13(21)8-19-14(22)11(26-16(19)25)6-9-4-2-1-3-5-9/h1-6,10H,7-8H2,(H2,17,20)(H,18,21)(H,23,24)/b11-6-/t10-/m1/s1. The Labute approximate surface area is 158 Å². The number of benzene rings is 1. The average Bonchev–Trinajstić information content (AvgIpc) is 2.82. The number of nitrogens with zero attached hydrogens (tertiary/aromatic N) is 1. The van der Waals surface area contributed by atoms with E-state index in [-0.39, 0.29) is 4.32 Å². The van der Waals surface area contributed by atoms with E-state index in [4.69, 9.17) is 23.1 Å². The van der Waals surface area contributed by atoms with Gasteiger partial charge in [0.1, 0.15) is 16.9 Å². The molecular weight excluding hydrogens is 378 g/mol. The SMILES string of the molecule is NC(=O)C[C@@H](NC(=O)CN1C(=O)/C(=C/c2ccccc2)SC1=S)C(=O)O. The Morgan fingerprint density at radius 3 is 2.54 bits per heavy atom. The number of aliphatic carboxylic acids is 1. The minimum Gasteiger partial charge on any atom is -0.480 e. The largest absolute Gasteiger partial charge is 0.480 e. The number of primary amides is 1. The Morgan fingerprint density at radius 2 is 1.96 bits per heavy atom. The predicted molar refractivity (Wildman–Crippen MR) is 99.7 cm³/mol. The molecule has 0 bridgehead atoms. The lowest BCUT2D eigenvalue weighted by Crippen LogP contribution is -2.47. The monoisotopic (exact) mass is 393 g/mol. The van der Waals surface area contributed by atoms with Gasteiger partial charge in [-0.05, 0) is 11.6 Å². The van der Waals surface area contributed by atoms with Crippen LogP contribution in [0, 0.1) is 0 Å². The molecule has 0 saturated carbocycles. The lowest BCUT2D eigenvalue weighted by atomic mass is 10.2. The van der Waals surface area contributed by atoms with Crippen LogP contribution in [0.15, 0.2) is 35.2 Å². The van der Waals surface area contributed by atoms with Crippen molar-refractivity contribution in [3.05, 3.63) is 40.8 Å². The maximum absolute atomic E-state index is 12.4. The van der Waals surface area contributed by atoms with Crippen LogP contribution in [0.5, 0.6) is 0 Å². The molecule has 3 amide bonds. The average molecular weight is 393 g/mol. The number of nitrogens with two attached hydrogens (primary N) is 1. The molecule has 0 aliphatic carbocycles. The van der Waals surface area contributed by atoms with Crippen LogP contribution in [-0.2, 0) is 19.2 Å². The highest BCUT2D eigenvalue weighted by Gasteiger charge is 2.34. The fourth-order valence-electron chi connectivity index (χ4n) is 2.12. The number of hydrogen-bond acceptors (Lipinski definition) is 6. The number of thioether (sulfide) groups is 1. The van der Waals surface area contributed by atoms with E-state index in [1.807, 2.05) is 30.3 Å². The summed E-state index contributed by atoms with van der Waals surface area (Å²) in [5, 5.41) is 11.2. The first-order valence-electron chi connectivity index (χ1n) is 7.39. The fourth-order valence-corrected chi connectivity index (χ4v) is 3.38. The lowest BCUT2D eigenvalue weighted by Gasteiger charge is -2.17. The molecule has 1 aromatic carbocycles. The summed E-state index contributed by atoms with van der Waals surface area (Å²) in [6, 6.07) is 7.67. The maximum Gasteiger partial charge on any atom is 0.326 e. The number of rotatable bonds is 7. The summed E-state index contributed by atoms with van der Waals surface area (Å²) in [5.41, 5.74) is 5.77. The Bertz CT molecular complexity index is 794. The molecule has 10 heteroatoms. The molecule has 1 saturated heterocycles. The first-order chi connectivity index (χ1) is 12.3. The molecule has 1 fully saturated rings. The molecule has 0 radical (unpaired) electrons. The molecule has 26 heavy (non-hydrogen) atoms. The number of carbonyl (C=O) groups is 4. The lowest BCUT2D eigenvalue weighted by molar-refractivity contribution is -0.143. The molecular formula is C16H15N3O5S2. The number of hydrogen-bond donors (Lipinski definition) is 3. The second kappa shape index (κ2) is 8.59. The number of carboxylic acids is 1. The van der Waals surface area contributed by atoms with Gasteiger partial charge in [0, 0.05) is 0 Å². The minimum atomic E-state index is -1.46. The van der Waals surface area contributed by atoms with Gasteiger partial charge in [0.15, 0.2) is 0 Å². The van der Waals surface area contributed by atoms with Gasteiger partial charge in [-0.3, -0.25) is 19.3 Å². The van der Waals surface area contributed by atoms with Crippen LogP contribution in [0.4, 0.5) is 0 Å². The normalized spacial score (nSPS) is 16.6. The van der Waals surface area contributed by atoms with Crippen LogP contribution in [0.3, 0.4) is 0 Å². The summed E-state index contributed by atoms with van der Waals surface area (Å²) in [5.74, 6) is -3.46. The van der Waals surface area contributed by atoms with E-state index in [9.17, 15) is 19.2 Å². The van der Waals surface area contributed by atoms with E-state index in [1.165, 1.54) is 0 Å². The van der Waals surface area contributed by atoms with E-state index in [0.29, 0.717) is 4.91 Å². The van der Waals surface area contributed by atoms with Crippen molar-refractivity contribution in [1.82, 2.24) is 10.2 Å². The Morgan fingerprint density at radius 1 is 1.31 bits per heavy atom. The molecule has 0 unspecified atom stereocenters. The summed E-state index contributed by atoms with van der Waals surface area (Å²) >= 11 is 6.17. The topological polar surface area (TPSA) is 130 Å². The zero-order chi connectivity index (χ0) is 19.3. The quantitative estimate of drug-likeness (QED) is 0.450. The van der Waals surface area contributed by atoms with Gasteiger partial charge in [-0.15, -0.1) is 0 Å². The number of carbonyl (C=O) groups excluding carboxylic acids is 3. The van der Waals surface area contributed by atoms with Crippen molar-refractivity contribution < 1.29 is 24.3 Å². The van der Waals surface area contributed by atoms with Gasteiger partial charge in [-0.2, -0.15) is 0 Å². The molecule has 1 atom stereocenters. The van der Waals surface area contributed by atoms with Gasteiger partial charge < -0.3 is 16.2 Å². The Kier molecular flexibility index (Phi) is 6.47. The van der Waals surface area contributed by atoms with Crippen molar-refractivity contribution in [3.63, 3.8) is 0 Å². The first kappa shape index (κ1) is 19.6. The second-order valence-corrected chi connectivity index (χ2v) is 6.98. The van der Waals surface area contributed by atoms with Gasteiger partial charge in [-0.25, -0.2) is 4.79 Å². The molecule has 1 heterocycles. The number of thiocarbonyl (C=S) groups is 1. The van der Waals surface area contributed by atoms with Crippen LogP contribution >= 0.6 is 24.0 Å². The van der Waals surface area contributed by atoms with Crippen LogP contribution in [0.25, 0.3) is 6.08 Å². The van der Waals surface area contributed by atoms with Crippen LogP contribution in [0.2, 0.25) is 0 Å². The fraction of sp³-hybridized carbons (Fsp3) is 0.188. The summed E-state index contributed by atoms with van der Waals surface area (Å²) in [6.07, 6.45) is 1.11. The molecule has 1 aromatic rings. The van der Waals surface area contributed by atoms with E-state index in [0.717, 1.165) is 22.2 Å². The molecule has 0 aromatic heterocycles. The number of amides is 3. The number of nitrogens with one attached hydrogen (secondary N) is 1. The van der Waals surface area contributed by atoms with Crippen molar-refractivity contribution in [1.29, 1.82) is 0 Å². The molecule has 136 valence electrons. The van der Waals surface area contributed by atoms with Crippen molar-refractivity contribution in [2.24, 2.45) is 5.73 Å². The third-order valence-electron chi connectivity index (χ3n) is 3.31. The van der Waals surface area contributed by atoms with Gasteiger partial charge in [0.25, 0.3) is 5.91 Å². The van der Waals surface area contributed by atoms with Gasteiger partial charge in [-0.1, -0.05) is 54.3 Å². The highest BCUT2D eigenvalue weighted by molar-refractivity contribution is 8.26. The van der Waals surface area contributed by atoms with Crippen LogP contribution < -0.4 is 11.1 Å². The Balaban J connectivity index is 2.05. The van der Waals surface area contributed by atoms with Crippen molar-refractivity contribution >= 4 is 58.1 Å². The molecule has 2 rings (SSSR count). The van der Waals surface area contributed by atoms with E-state index < -0.39 is 42.7 Å². The summed E-state index contributed by atoms with van der Waals surface area (Å²) in [6.45, 7) is -0.445. The first-order valence-corrected chi connectivity index (χ1v) is 8.61. The van der Waals surface area contributed by atoms with Gasteiger partial charge >= 0.3 is 5.97 Å². The smallest absolute Gasteiger partial charge is 0.326 e. The van der Waals surface area contributed by atoms with E-state index in [1.54, 1.807) is 6.08 Å². The summed E-state index contributed by atoms with van der Waals surface area (Å²) < 4.78 is 0.189. The minimum absolute atomic E-state index is 0.189. The van der Waals surface area contributed by atoms with Crippen LogP contribution in [-0.4, -0.2) is 50.6 Å².